The van der Waals surface area contributed by atoms with E-state index >= 15 is 0 Å². The molecule has 0 fully saturated rings. The van der Waals surface area contributed by atoms with Crippen molar-refractivity contribution in [3.05, 3.63) is 35.8 Å². The lowest BCUT2D eigenvalue weighted by Crippen LogP contribution is -2.00. The van der Waals surface area contributed by atoms with E-state index in [9.17, 15) is 4.79 Å². The topological polar surface area (TPSA) is 34.4 Å². The number of pyridine rings is 1. The van der Waals surface area contributed by atoms with Gasteiger partial charge in [0.2, 0.25) is 0 Å². The second-order valence-corrected chi connectivity index (χ2v) is 3.55. The van der Waals surface area contributed by atoms with Crippen LogP contribution in [-0.2, 0) is 11.2 Å². The predicted molar refractivity (Wildman–Crippen MR) is 54.3 cm³/mol. The highest BCUT2D eigenvalue weighted by Gasteiger charge is 2.04. The zero-order valence-electron chi connectivity index (χ0n) is 8.32. The van der Waals surface area contributed by atoms with Crippen molar-refractivity contribution in [3.63, 3.8) is 0 Å². The smallest absolute Gasteiger partial charge is 0.136 e. The van der Waals surface area contributed by atoms with Gasteiger partial charge < -0.3 is 4.40 Å². The van der Waals surface area contributed by atoms with Gasteiger partial charge in [-0.25, -0.2) is 4.98 Å². The van der Waals surface area contributed by atoms with Crippen LogP contribution < -0.4 is 0 Å². The van der Waals surface area contributed by atoms with Gasteiger partial charge >= 0.3 is 0 Å². The van der Waals surface area contributed by atoms with Crippen molar-refractivity contribution in [2.45, 2.75) is 20.3 Å². The number of imidazole rings is 1. The van der Waals surface area contributed by atoms with E-state index in [1.54, 1.807) is 13.1 Å². The van der Waals surface area contributed by atoms with E-state index in [4.69, 9.17) is 0 Å². The van der Waals surface area contributed by atoms with Gasteiger partial charge in [-0.1, -0.05) is 0 Å². The molecule has 0 aliphatic carbocycles. The van der Waals surface area contributed by atoms with E-state index < -0.39 is 0 Å². The maximum absolute atomic E-state index is 11.0. The summed E-state index contributed by atoms with van der Waals surface area (Å²) in [5, 5.41) is 0. The molecule has 2 rings (SSSR count). The first-order chi connectivity index (χ1) is 6.66. The van der Waals surface area contributed by atoms with E-state index in [2.05, 4.69) is 4.98 Å². The van der Waals surface area contributed by atoms with Crippen LogP contribution in [0.2, 0.25) is 0 Å². The molecule has 0 amide bonds. The third kappa shape index (κ3) is 1.53. The molecule has 0 N–H and O–H groups in total. The molecule has 0 aliphatic rings. The number of nitrogens with zero attached hydrogens (tertiary/aromatic N) is 2. The van der Waals surface area contributed by atoms with Gasteiger partial charge in [0.25, 0.3) is 0 Å². The third-order valence-corrected chi connectivity index (χ3v) is 2.29. The summed E-state index contributed by atoms with van der Waals surface area (Å²) in [5.74, 6) is 0.188. The molecule has 0 saturated carbocycles. The number of rotatable bonds is 2. The highest BCUT2D eigenvalue weighted by molar-refractivity contribution is 5.78. The Bertz CT molecular complexity index is 485. The third-order valence-electron chi connectivity index (χ3n) is 2.29. The molecular formula is C11H12N2O. The van der Waals surface area contributed by atoms with Gasteiger partial charge in [0.05, 0.1) is 0 Å². The minimum atomic E-state index is 0.188. The monoisotopic (exact) mass is 188 g/mol. The lowest BCUT2D eigenvalue weighted by atomic mass is 10.1. The number of Topliss-reactive ketones (excluding diaryl/α,β-unsaturated/α-hetero) is 1. The molecule has 2 heterocycles. The number of carbonyl (C=O) groups is 1. The molecule has 14 heavy (non-hydrogen) atoms. The van der Waals surface area contributed by atoms with Crippen LogP contribution in [0.3, 0.4) is 0 Å². The number of hydrogen-bond acceptors (Lipinski definition) is 2. The van der Waals surface area contributed by atoms with Crippen molar-refractivity contribution >= 4 is 11.4 Å². The van der Waals surface area contributed by atoms with Gasteiger partial charge in [0, 0.05) is 25.0 Å². The molecule has 3 nitrogen and oxygen atoms in total. The molecule has 0 saturated heterocycles. The van der Waals surface area contributed by atoms with E-state index in [0.717, 1.165) is 16.8 Å². The molecule has 0 bridgehead atoms. The lowest BCUT2D eigenvalue weighted by Gasteiger charge is -2.04. The van der Waals surface area contributed by atoms with Crippen LogP contribution in [0.25, 0.3) is 5.65 Å². The van der Waals surface area contributed by atoms with E-state index in [0.29, 0.717) is 6.42 Å². The molecule has 0 aliphatic heterocycles. The van der Waals surface area contributed by atoms with Crippen LogP contribution in [0.1, 0.15) is 18.1 Å². The first kappa shape index (κ1) is 8.94. The Labute approximate surface area is 82.4 Å². The van der Waals surface area contributed by atoms with Crippen molar-refractivity contribution in [2.75, 3.05) is 0 Å². The van der Waals surface area contributed by atoms with E-state index in [1.807, 2.05) is 29.8 Å². The van der Waals surface area contributed by atoms with Crippen LogP contribution in [0.4, 0.5) is 0 Å². The summed E-state index contributed by atoms with van der Waals surface area (Å²) in [4.78, 5) is 15.2. The van der Waals surface area contributed by atoms with Gasteiger partial charge in [-0.05, 0) is 31.0 Å². The Kier molecular flexibility index (Phi) is 2.08. The zero-order chi connectivity index (χ0) is 10.1. The molecule has 3 heteroatoms. The SMILES string of the molecule is CC(=O)Cc1cn2ccnc2cc1C. The molecule has 2 aromatic rings. The standard InChI is InChI=1S/C11H12N2O/c1-8-5-11-12-3-4-13(11)7-10(8)6-9(2)14/h3-5,7H,6H2,1-2H3. The summed E-state index contributed by atoms with van der Waals surface area (Å²) in [6.07, 6.45) is 6.11. The number of fused-ring (bicyclic) bond motifs is 1. The Morgan fingerprint density at radius 1 is 1.57 bits per heavy atom. The van der Waals surface area contributed by atoms with Crippen LogP contribution in [0, 0.1) is 6.92 Å². The Hall–Kier alpha value is -1.64. The molecule has 0 radical (unpaired) electrons. The maximum Gasteiger partial charge on any atom is 0.136 e. The second-order valence-electron chi connectivity index (χ2n) is 3.55. The van der Waals surface area contributed by atoms with Gasteiger partial charge in [0.15, 0.2) is 0 Å². The molecule has 2 aromatic heterocycles. The Morgan fingerprint density at radius 3 is 3.07 bits per heavy atom. The van der Waals surface area contributed by atoms with Gasteiger partial charge in [-0.3, -0.25) is 4.79 Å². The highest BCUT2D eigenvalue weighted by Crippen LogP contribution is 2.12. The second kappa shape index (κ2) is 3.25. The zero-order valence-corrected chi connectivity index (χ0v) is 8.32. The number of carbonyl (C=O) groups excluding carboxylic acids is 1. The molecule has 0 aromatic carbocycles. The quantitative estimate of drug-likeness (QED) is 0.719. The molecule has 72 valence electrons. The Balaban J connectivity index is 2.53. The van der Waals surface area contributed by atoms with Crippen LogP contribution in [-0.4, -0.2) is 15.2 Å². The first-order valence-corrected chi connectivity index (χ1v) is 4.58. The van der Waals surface area contributed by atoms with Crippen molar-refractivity contribution in [1.29, 1.82) is 0 Å². The summed E-state index contributed by atoms with van der Waals surface area (Å²) in [7, 11) is 0. The van der Waals surface area contributed by atoms with E-state index in [1.165, 1.54) is 0 Å². The summed E-state index contributed by atoms with van der Waals surface area (Å²) in [6.45, 7) is 3.62. The number of aryl methyl sites for hydroxylation is 1. The summed E-state index contributed by atoms with van der Waals surface area (Å²) >= 11 is 0. The maximum atomic E-state index is 11.0. The minimum absolute atomic E-state index is 0.188. The van der Waals surface area contributed by atoms with Gasteiger partial charge in [0.1, 0.15) is 11.4 Å². The number of ketones is 1. The van der Waals surface area contributed by atoms with Gasteiger partial charge in [-0.15, -0.1) is 0 Å². The number of aromatic nitrogens is 2. The molecule has 0 atom stereocenters. The number of hydrogen-bond donors (Lipinski definition) is 0. The summed E-state index contributed by atoms with van der Waals surface area (Å²) < 4.78 is 1.94. The Morgan fingerprint density at radius 2 is 2.36 bits per heavy atom. The lowest BCUT2D eigenvalue weighted by molar-refractivity contribution is -0.116. The average molecular weight is 188 g/mol. The highest BCUT2D eigenvalue weighted by atomic mass is 16.1. The predicted octanol–water partition coefficient (Wildman–Crippen LogP) is 1.77. The fraction of sp³-hybridized carbons (Fsp3) is 0.273. The average Bonchev–Trinajstić information content (AvgIpc) is 2.51. The molecular weight excluding hydrogens is 176 g/mol. The summed E-state index contributed by atoms with van der Waals surface area (Å²) in [6, 6.07) is 2.00. The van der Waals surface area contributed by atoms with Crippen LogP contribution >= 0.6 is 0 Å². The summed E-state index contributed by atoms with van der Waals surface area (Å²) in [5.41, 5.74) is 3.12. The fourth-order valence-corrected chi connectivity index (χ4v) is 1.55. The molecule has 0 spiro atoms. The largest absolute Gasteiger partial charge is 0.307 e. The molecule has 0 unspecified atom stereocenters. The van der Waals surface area contributed by atoms with Crippen LogP contribution in [0.5, 0.6) is 0 Å². The normalized spacial score (nSPS) is 10.7. The fourth-order valence-electron chi connectivity index (χ4n) is 1.55. The van der Waals surface area contributed by atoms with Crippen molar-refractivity contribution in [2.24, 2.45) is 0 Å². The van der Waals surface area contributed by atoms with Crippen LogP contribution in [0.15, 0.2) is 24.7 Å². The van der Waals surface area contributed by atoms with Crippen molar-refractivity contribution in [1.82, 2.24) is 9.38 Å². The van der Waals surface area contributed by atoms with Gasteiger partial charge in [-0.2, -0.15) is 0 Å². The van der Waals surface area contributed by atoms with Crippen molar-refractivity contribution < 1.29 is 4.79 Å². The van der Waals surface area contributed by atoms with E-state index in [-0.39, 0.29) is 5.78 Å². The van der Waals surface area contributed by atoms with Crippen molar-refractivity contribution in [3.8, 4) is 0 Å². The minimum Gasteiger partial charge on any atom is -0.307 e. The first-order valence-electron chi connectivity index (χ1n) is 4.58.